The van der Waals surface area contributed by atoms with Crippen molar-refractivity contribution in [2.75, 3.05) is 19.6 Å². The van der Waals surface area contributed by atoms with Gasteiger partial charge in [0.05, 0.1) is 0 Å². The first-order valence-corrected chi connectivity index (χ1v) is 9.32. The van der Waals surface area contributed by atoms with E-state index < -0.39 is 0 Å². The minimum absolute atomic E-state index is 0.382. The molecular formula is C19H36N2. The van der Waals surface area contributed by atoms with Crippen LogP contribution in [-0.4, -0.2) is 36.6 Å². The number of hydrogen-bond donors (Lipinski definition) is 1. The maximum Gasteiger partial charge on any atom is 0.0269 e. The Bertz CT molecular complexity index is 357. The second kappa shape index (κ2) is 5.85. The summed E-state index contributed by atoms with van der Waals surface area (Å²) < 4.78 is 0. The Labute approximate surface area is 132 Å². The van der Waals surface area contributed by atoms with E-state index in [1.54, 1.807) is 6.42 Å². The molecule has 2 nitrogen and oxygen atoms in total. The molecule has 2 heteroatoms. The Kier molecular flexibility index (Phi) is 4.40. The van der Waals surface area contributed by atoms with Crippen molar-refractivity contribution in [2.24, 2.45) is 29.1 Å². The van der Waals surface area contributed by atoms with Crippen LogP contribution in [0.1, 0.15) is 60.3 Å². The lowest BCUT2D eigenvalue weighted by Crippen LogP contribution is -2.62. The average Bonchev–Trinajstić information content (AvgIpc) is 2.99. The van der Waals surface area contributed by atoms with Crippen LogP contribution in [0.2, 0.25) is 0 Å². The van der Waals surface area contributed by atoms with Crippen molar-refractivity contribution >= 4 is 0 Å². The lowest BCUT2D eigenvalue weighted by Gasteiger charge is -2.48. The minimum Gasteiger partial charge on any atom is -0.311 e. The summed E-state index contributed by atoms with van der Waals surface area (Å²) in [5.74, 6) is 3.88. The van der Waals surface area contributed by atoms with Gasteiger partial charge in [0, 0.05) is 31.7 Å². The van der Waals surface area contributed by atoms with Gasteiger partial charge < -0.3 is 5.32 Å². The normalized spacial score (nSPS) is 41.1. The van der Waals surface area contributed by atoms with Crippen LogP contribution in [0.4, 0.5) is 0 Å². The van der Waals surface area contributed by atoms with Gasteiger partial charge in [-0.3, -0.25) is 4.90 Å². The van der Waals surface area contributed by atoms with Crippen LogP contribution in [0.15, 0.2) is 0 Å². The van der Waals surface area contributed by atoms with E-state index in [4.69, 9.17) is 0 Å². The topological polar surface area (TPSA) is 15.3 Å². The molecule has 0 aromatic rings. The highest BCUT2D eigenvalue weighted by atomic mass is 15.2. The Morgan fingerprint density at radius 3 is 2.43 bits per heavy atom. The lowest BCUT2D eigenvalue weighted by atomic mass is 9.81. The second-order valence-electron chi connectivity index (χ2n) is 9.53. The summed E-state index contributed by atoms with van der Waals surface area (Å²) >= 11 is 0. The fraction of sp³-hybridized carbons (Fsp3) is 1.00. The molecule has 3 fully saturated rings. The zero-order chi connectivity index (χ0) is 15.2. The maximum absolute atomic E-state index is 3.82. The number of nitrogens with one attached hydrogen (secondary N) is 1. The van der Waals surface area contributed by atoms with Gasteiger partial charge in [0.2, 0.25) is 0 Å². The van der Waals surface area contributed by atoms with E-state index in [9.17, 15) is 0 Å². The van der Waals surface area contributed by atoms with Crippen LogP contribution in [0.25, 0.3) is 0 Å². The summed E-state index contributed by atoms with van der Waals surface area (Å²) in [4.78, 5) is 2.87. The first-order valence-electron chi connectivity index (χ1n) is 9.32. The number of hydrogen-bond acceptors (Lipinski definition) is 2. The Morgan fingerprint density at radius 1 is 1.14 bits per heavy atom. The van der Waals surface area contributed by atoms with Crippen molar-refractivity contribution in [1.82, 2.24) is 10.2 Å². The molecule has 5 unspecified atom stereocenters. The molecule has 21 heavy (non-hydrogen) atoms. The first kappa shape index (κ1) is 15.8. The predicted molar refractivity (Wildman–Crippen MR) is 90.4 cm³/mol. The number of nitrogens with zero attached hydrogens (tertiary/aromatic N) is 1. The zero-order valence-corrected chi connectivity index (χ0v) is 14.9. The average molecular weight is 293 g/mol. The first-order chi connectivity index (χ1) is 9.84. The summed E-state index contributed by atoms with van der Waals surface area (Å²) in [6.07, 6.45) is 6.12. The zero-order valence-electron chi connectivity index (χ0n) is 14.9. The van der Waals surface area contributed by atoms with Crippen molar-refractivity contribution in [3.8, 4) is 0 Å². The molecule has 1 heterocycles. The molecule has 0 aromatic heterocycles. The van der Waals surface area contributed by atoms with Gasteiger partial charge >= 0.3 is 0 Å². The van der Waals surface area contributed by atoms with Gasteiger partial charge in [-0.25, -0.2) is 0 Å². The maximum atomic E-state index is 3.82. The summed E-state index contributed by atoms with van der Waals surface area (Å²) in [6.45, 7) is 15.8. The van der Waals surface area contributed by atoms with Gasteiger partial charge in [-0.05, 0) is 48.3 Å². The van der Waals surface area contributed by atoms with E-state index in [-0.39, 0.29) is 0 Å². The van der Waals surface area contributed by atoms with Gasteiger partial charge in [-0.1, -0.05) is 41.0 Å². The largest absolute Gasteiger partial charge is 0.311 e. The van der Waals surface area contributed by atoms with E-state index in [0.29, 0.717) is 17.5 Å². The molecule has 1 N–H and O–H groups in total. The quantitative estimate of drug-likeness (QED) is 0.852. The van der Waals surface area contributed by atoms with Crippen LogP contribution in [0.5, 0.6) is 0 Å². The molecule has 1 saturated heterocycles. The summed E-state index contributed by atoms with van der Waals surface area (Å²) in [5.41, 5.74) is 0.382. The van der Waals surface area contributed by atoms with Crippen LogP contribution in [-0.2, 0) is 0 Å². The van der Waals surface area contributed by atoms with E-state index >= 15 is 0 Å². The van der Waals surface area contributed by atoms with Crippen molar-refractivity contribution in [1.29, 1.82) is 0 Å². The SMILES string of the molecule is CC(C)C1CN(CC2CC3CCC2C3)C(C(C)(C)C)CN1. The van der Waals surface area contributed by atoms with Gasteiger partial charge in [0.1, 0.15) is 0 Å². The Morgan fingerprint density at radius 2 is 1.90 bits per heavy atom. The van der Waals surface area contributed by atoms with Crippen molar-refractivity contribution in [3.05, 3.63) is 0 Å². The highest BCUT2D eigenvalue weighted by Crippen LogP contribution is 2.49. The fourth-order valence-electron chi connectivity index (χ4n) is 5.24. The summed E-state index contributed by atoms with van der Waals surface area (Å²) in [6, 6.07) is 1.38. The van der Waals surface area contributed by atoms with Gasteiger partial charge in [-0.15, -0.1) is 0 Å². The molecule has 0 aromatic carbocycles. The molecule has 5 atom stereocenters. The van der Waals surface area contributed by atoms with Crippen LogP contribution in [0, 0.1) is 29.1 Å². The third-order valence-electron chi connectivity index (χ3n) is 6.60. The fourth-order valence-corrected chi connectivity index (χ4v) is 5.24. The molecule has 3 aliphatic rings. The smallest absolute Gasteiger partial charge is 0.0269 e. The lowest BCUT2D eigenvalue weighted by molar-refractivity contribution is 0.0270. The van der Waals surface area contributed by atoms with Gasteiger partial charge in [0.15, 0.2) is 0 Å². The van der Waals surface area contributed by atoms with E-state index in [1.807, 2.05) is 0 Å². The monoisotopic (exact) mass is 292 g/mol. The number of piperazine rings is 1. The van der Waals surface area contributed by atoms with Crippen molar-refractivity contribution < 1.29 is 0 Å². The predicted octanol–water partition coefficient (Wildman–Crippen LogP) is 3.77. The molecule has 0 radical (unpaired) electrons. The summed E-state index contributed by atoms with van der Waals surface area (Å²) in [7, 11) is 0. The van der Waals surface area contributed by atoms with Crippen molar-refractivity contribution in [3.63, 3.8) is 0 Å². The molecule has 0 spiro atoms. The molecule has 0 amide bonds. The van der Waals surface area contributed by atoms with E-state index in [0.717, 1.165) is 23.7 Å². The van der Waals surface area contributed by atoms with Gasteiger partial charge in [0.25, 0.3) is 0 Å². The minimum atomic E-state index is 0.382. The number of rotatable bonds is 3. The molecule has 1 aliphatic heterocycles. The Hall–Kier alpha value is -0.0800. The highest BCUT2D eigenvalue weighted by Gasteiger charge is 2.43. The highest BCUT2D eigenvalue weighted by molar-refractivity contribution is 4.97. The number of fused-ring (bicyclic) bond motifs is 2. The molecule has 2 aliphatic carbocycles. The van der Waals surface area contributed by atoms with Crippen LogP contribution in [0.3, 0.4) is 0 Å². The second-order valence-corrected chi connectivity index (χ2v) is 9.53. The molecule has 3 rings (SSSR count). The summed E-state index contributed by atoms with van der Waals surface area (Å²) in [5, 5.41) is 3.82. The van der Waals surface area contributed by atoms with Crippen molar-refractivity contribution in [2.45, 2.75) is 72.4 Å². The molecular weight excluding hydrogens is 256 g/mol. The molecule has 122 valence electrons. The standard InChI is InChI=1S/C19H36N2/c1-13(2)17-12-21(18(10-20-17)19(3,4)5)11-16-9-14-6-7-15(16)8-14/h13-18,20H,6-12H2,1-5H3. The van der Waals surface area contributed by atoms with E-state index in [2.05, 4.69) is 44.8 Å². The Balaban J connectivity index is 1.68. The third-order valence-corrected chi connectivity index (χ3v) is 6.60. The van der Waals surface area contributed by atoms with Crippen LogP contribution < -0.4 is 5.32 Å². The molecule has 2 saturated carbocycles. The van der Waals surface area contributed by atoms with Gasteiger partial charge in [-0.2, -0.15) is 0 Å². The van der Waals surface area contributed by atoms with Crippen LogP contribution >= 0.6 is 0 Å². The van der Waals surface area contributed by atoms with E-state index in [1.165, 1.54) is 38.9 Å². The molecule has 2 bridgehead atoms. The third kappa shape index (κ3) is 3.32.